The van der Waals surface area contributed by atoms with E-state index in [1.54, 1.807) is 0 Å². The SMILES string of the molecule is CCc1cc(COc2ccccc2CCl)n(CC)n1. The average Bonchev–Trinajstić information content (AvgIpc) is 2.87. The number of alkyl halides is 1. The van der Waals surface area contributed by atoms with Crippen LogP contribution in [0.25, 0.3) is 0 Å². The molecule has 0 atom stereocenters. The summed E-state index contributed by atoms with van der Waals surface area (Å²) < 4.78 is 7.86. The summed E-state index contributed by atoms with van der Waals surface area (Å²) in [5.74, 6) is 1.31. The van der Waals surface area contributed by atoms with Crippen LogP contribution < -0.4 is 4.74 Å². The maximum atomic E-state index is 5.90. The molecule has 1 aromatic heterocycles. The minimum atomic E-state index is 0.462. The number of halogens is 1. The van der Waals surface area contributed by atoms with Gasteiger partial charge in [0.1, 0.15) is 12.4 Å². The Hall–Kier alpha value is -1.48. The molecule has 0 aliphatic rings. The Balaban J connectivity index is 2.11. The van der Waals surface area contributed by atoms with Crippen LogP contribution in [0, 0.1) is 0 Å². The average molecular weight is 279 g/mol. The number of nitrogens with zero attached hydrogens (tertiary/aromatic N) is 2. The third-order valence-electron chi connectivity index (χ3n) is 3.07. The molecule has 0 saturated heterocycles. The summed E-state index contributed by atoms with van der Waals surface area (Å²) in [5.41, 5.74) is 3.22. The number of hydrogen-bond acceptors (Lipinski definition) is 2. The molecule has 19 heavy (non-hydrogen) atoms. The largest absolute Gasteiger partial charge is 0.487 e. The van der Waals surface area contributed by atoms with Crippen LogP contribution in [0.2, 0.25) is 0 Å². The molecule has 4 heteroatoms. The molecule has 3 nitrogen and oxygen atoms in total. The van der Waals surface area contributed by atoms with E-state index in [4.69, 9.17) is 16.3 Å². The lowest BCUT2D eigenvalue weighted by atomic mass is 10.2. The summed E-state index contributed by atoms with van der Waals surface area (Å²) in [7, 11) is 0. The van der Waals surface area contributed by atoms with Crippen molar-refractivity contribution in [3.63, 3.8) is 0 Å². The van der Waals surface area contributed by atoms with Gasteiger partial charge < -0.3 is 4.74 Å². The molecule has 2 rings (SSSR count). The second-order valence-electron chi connectivity index (χ2n) is 4.33. The van der Waals surface area contributed by atoms with Gasteiger partial charge in [0.25, 0.3) is 0 Å². The molecule has 0 amide bonds. The number of aromatic nitrogens is 2. The Labute approximate surface area is 119 Å². The van der Waals surface area contributed by atoms with Gasteiger partial charge in [-0.25, -0.2) is 0 Å². The minimum Gasteiger partial charge on any atom is -0.487 e. The number of benzene rings is 1. The van der Waals surface area contributed by atoms with Gasteiger partial charge in [0.15, 0.2) is 0 Å². The van der Waals surface area contributed by atoms with Crippen molar-refractivity contribution < 1.29 is 4.74 Å². The smallest absolute Gasteiger partial charge is 0.130 e. The van der Waals surface area contributed by atoms with E-state index in [1.165, 1.54) is 0 Å². The van der Waals surface area contributed by atoms with Gasteiger partial charge in [0.2, 0.25) is 0 Å². The van der Waals surface area contributed by atoms with Crippen LogP contribution in [0.3, 0.4) is 0 Å². The summed E-state index contributed by atoms with van der Waals surface area (Å²) in [4.78, 5) is 0. The van der Waals surface area contributed by atoms with Crippen LogP contribution in [0.1, 0.15) is 30.8 Å². The van der Waals surface area contributed by atoms with E-state index in [1.807, 2.05) is 28.9 Å². The molecular formula is C15H19ClN2O. The molecule has 1 aromatic carbocycles. The zero-order chi connectivity index (χ0) is 13.7. The highest BCUT2D eigenvalue weighted by atomic mass is 35.5. The predicted octanol–water partition coefficient (Wildman–Crippen LogP) is 3.78. The Morgan fingerprint density at radius 1 is 1.26 bits per heavy atom. The van der Waals surface area contributed by atoms with Crippen molar-refractivity contribution in [2.45, 2.75) is 39.3 Å². The first-order valence-corrected chi connectivity index (χ1v) is 7.14. The summed E-state index contributed by atoms with van der Waals surface area (Å²) in [6.45, 7) is 5.57. The van der Waals surface area contributed by atoms with Crippen molar-refractivity contribution in [2.75, 3.05) is 0 Å². The molecule has 0 radical (unpaired) electrons. The van der Waals surface area contributed by atoms with Crippen molar-refractivity contribution in [2.24, 2.45) is 0 Å². The van der Waals surface area contributed by atoms with Crippen molar-refractivity contribution >= 4 is 11.6 Å². The Bertz CT molecular complexity index is 537. The number of rotatable bonds is 6. The van der Waals surface area contributed by atoms with E-state index in [2.05, 4.69) is 25.0 Å². The second-order valence-corrected chi connectivity index (χ2v) is 4.59. The lowest BCUT2D eigenvalue weighted by molar-refractivity contribution is 0.290. The summed E-state index contributed by atoms with van der Waals surface area (Å²) >= 11 is 5.90. The van der Waals surface area contributed by atoms with E-state index >= 15 is 0 Å². The normalized spacial score (nSPS) is 10.7. The fourth-order valence-corrected chi connectivity index (χ4v) is 2.21. The first-order valence-electron chi connectivity index (χ1n) is 6.60. The first-order chi connectivity index (χ1) is 9.28. The number of para-hydroxylation sites is 1. The zero-order valence-corrected chi connectivity index (χ0v) is 12.2. The van der Waals surface area contributed by atoms with Crippen LogP contribution >= 0.6 is 11.6 Å². The first kappa shape index (κ1) is 13.9. The van der Waals surface area contributed by atoms with Gasteiger partial charge in [-0.2, -0.15) is 5.10 Å². The van der Waals surface area contributed by atoms with Crippen LogP contribution in [0.15, 0.2) is 30.3 Å². The van der Waals surface area contributed by atoms with Gasteiger partial charge in [0, 0.05) is 12.1 Å². The van der Waals surface area contributed by atoms with Crippen molar-refractivity contribution in [1.29, 1.82) is 0 Å². The molecule has 0 fully saturated rings. The third-order valence-corrected chi connectivity index (χ3v) is 3.36. The monoisotopic (exact) mass is 278 g/mol. The highest BCUT2D eigenvalue weighted by Crippen LogP contribution is 2.21. The molecule has 0 spiro atoms. The van der Waals surface area contributed by atoms with Crippen LogP contribution in [0.4, 0.5) is 0 Å². The highest BCUT2D eigenvalue weighted by molar-refractivity contribution is 6.17. The van der Waals surface area contributed by atoms with Gasteiger partial charge in [-0.3, -0.25) is 4.68 Å². The maximum absolute atomic E-state index is 5.90. The molecule has 1 heterocycles. The highest BCUT2D eigenvalue weighted by Gasteiger charge is 2.08. The zero-order valence-electron chi connectivity index (χ0n) is 11.4. The number of ether oxygens (including phenoxy) is 1. The molecule has 0 unspecified atom stereocenters. The second kappa shape index (κ2) is 6.62. The van der Waals surface area contributed by atoms with E-state index in [0.29, 0.717) is 12.5 Å². The van der Waals surface area contributed by atoms with Crippen molar-refractivity contribution in [3.05, 3.63) is 47.3 Å². The van der Waals surface area contributed by atoms with Gasteiger partial charge in [-0.1, -0.05) is 25.1 Å². The molecule has 102 valence electrons. The molecule has 0 N–H and O–H groups in total. The summed E-state index contributed by atoms with van der Waals surface area (Å²) in [6.07, 6.45) is 0.943. The van der Waals surface area contributed by atoms with Crippen LogP contribution in [0.5, 0.6) is 5.75 Å². The van der Waals surface area contributed by atoms with E-state index in [9.17, 15) is 0 Å². The standard InChI is InChI=1S/C15H19ClN2O/c1-3-13-9-14(18(4-2)17-13)11-19-15-8-6-5-7-12(15)10-16/h5-9H,3-4,10-11H2,1-2H3. The molecule has 0 aliphatic heterocycles. The van der Waals surface area contributed by atoms with Crippen LogP contribution in [-0.2, 0) is 25.5 Å². The van der Waals surface area contributed by atoms with Crippen LogP contribution in [-0.4, -0.2) is 9.78 Å². The van der Waals surface area contributed by atoms with E-state index < -0.39 is 0 Å². The van der Waals surface area contributed by atoms with E-state index in [0.717, 1.165) is 35.7 Å². The van der Waals surface area contributed by atoms with Crippen molar-refractivity contribution in [1.82, 2.24) is 9.78 Å². The number of aryl methyl sites for hydroxylation is 2. The fraction of sp³-hybridized carbons (Fsp3) is 0.400. The summed E-state index contributed by atoms with van der Waals surface area (Å²) in [5, 5.41) is 4.51. The van der Waals surface area contributed by atoms with Gasteiger partial charge >= 0.3 is 0 Å². The van der Waals surface area contributed by atoms with Gasteiger partial charge in [-0.15, -0.1) is 11.6 Å². The minimum absolute atomic E-state index is 0.462. The lowest BCUT2D eigenvalue weighted by Gasteiger charge is -2.10. The molecule has 0 saturated carbocycles. The lowest BCUT2D eigenvalue weighted by Crippen LogP contribution is -2.06. The molecule has 0 aliphatic carbocycles. The van der Waals surface area contributed by atoms with Crippen molar-refractivity contribution in [3.8, 4) is 5.75 Å². The Kier molecular flexibility index (Phi) is 4.86. The maximum Gasteiger partial charge on any atom is 0.130 e. The topological polar surface area (TPSA) is 27.1 Å². The fourth-order valence-electron chi connectivity index (χ4n) is 1.98. The molecule has 0 bridgehead atoms. The Morgan fingerprint density at radius 3 is 2.74 bits per heavy atom. The Morgan fingerprint density at radius 2 is 2.05 bits per heavy atom. The quantitative estimate of drug-likeness (QED) is 0.752. The molecular weight excluding hydrogens is 260 g/mol. The predicted molar refractivity (Wildman–Crippen MR) is 77.6 cm³/mol. The van der Waals surface area contributed by atoms with E-state index in [-0.39, 0.29) is 0 Å². The molecule has 2 aromatic rings. The summed E-state index contributed by atoms with van der Waals surface area (Å²) in [6, 6.07) is 9.96. The third kappa shape index (κ3) is 3.29. The van der Waals surface area contributed by atoms with Gasteiger partial charge in [0.05, 0.1) is 17.3 Å². The number of hydrogen-bond donors (Lipinski definition) is 0. The van der Waals surface area contributed by atoms with Gasteiger partial charge in [-0.05, 0) is 25.5 Å².